The van der Waals surface area contributed by atoms with Crippen LogP contribution in [0.5, 0.6) is 5.75 Å². The van der Waals surface area contributed by atoms with Crippen LogP contribution in [0.4, 0.5) is 13.2 Å². The Morgan fingerprint density at radius 2 is 1.76 bits per heavy atom. The Bertz CT molecular complexity index is 530. The minimum Gasteiger partial charge on any atom is -0.406 e. The molecule has 0 aliphatic heterocycles. The van der Waals surface area contributed by atoms with Gasteiger partial charge in [0.2, 0.25) is 10.0 Å². The van der Waals surface area contributed by atoms with Gasteiger partial charge in [-0.2, -0.15) is 0 Å². The van der Waals surface area contributed by atoms with Crippen LogP contribution in [0, 0.1) is 0 Å². The minimum atomic E-state index is -4.83. The van der Waals surface area contributed by atoms with Crippen LogP contribution in [0.1, 0.15) is 0 Å². The van der Waals surface area contributed by atoms with Crippen molar-refractivity contribution in [2.75, 3.05) is 26.4 Å². The Labute approximate surface area is 119 Å². The van der Waals surface area contributed by atoms with E-state index in [4.69, 9.17) is 9.84 Å². The Kier molecular flexibility index (Phi) is 6.40. The lowest BCUT2D eigenvalue weighted by atomic mass is 10.3. The van der Waals surface area contributed by atoms with E-state index < -0.39 is 22.1 Å². The highest BCUT2D eigenvalue weighted by Crippen LogP contribution is 2.23. The number of ether oxygens (including phenoxy) is 2. The lowest BCUT2D eigenvalue weighted by Gasteiger charge is -2.10. The molecule has 0 saturated carbocycles. The highest BCUT2D eigenvalue weighted by Gasteiger charge is 2.31. The molecule has 0 aliphatic rings. The normalized spacial score (nSPS) is 12.4. The number of nitrogens with one attached hydrogen (secondary N) is 1. The maximum Gasteiger partial charge on any atom is 0.573 e. The Balaban J connectivity index is 2.59. The first kappa shape index (κ1) is 17.7. The van der Waals surface area contributed by atoms with Crippen molar-refractivity contribution >= 4 is 10.0 Å². The van der Waals surface area contributed by atoms with Gasteiger partial charge in [0.1, 0.15) is 5.75 Å². The van der Waals surface area contributed by atoms with Crippen molar-refractivity contribution < 1.29 is 36.2 Å². The standard InChI is InChI=1S/C11H14F3NO5S/c12-11(13,14)20-9-1-3-10(4-2-9)21(17,18)15-5-7-19-8-6-16/h1-4,15-16H,5-8H2. The smallest absolute Gasteiger partial charge is 0.406 e. The van der Waals surface area contributed by atoms with Crippen LogP contribution in [0.25, 0.3) is 0 Å². The zero-order valence-corrected chi connectivity index (χ0v) is 11.6. The monoisotopic (exact) mass is 329 g/mol. The molecule has 10 heteroatoms. The summed E-state index contributed by atoms with van der Waals surface area (Å²) >= 11 is 0. The first-order valence-corrected chi connectivity index (χ1v) is 7.27. The second-order valence-electron chi connectivity index (χ2n) is 3.75. The molecular weight excluding hydrogens is 315 g/mol. The maximum absolute atomic E-state index is 12.0. The Morgan fingerprint density at radius 3 is 2.29 bits per heavy atom. The van der Waals surface area contributed by atoms with E-state index in [-0.39, 0.29) is 31.3 Å². The number of rotatable bonds is 8. The number of hydrogen-bond acceptors (Lipinski definition) is 5. The minimum absolute atomic E-state index is 0.0247. The predicted molar refractivity (Wildman–Crippen MR) is 66.2 cm³/mol. The van der Waals surface area contributed by atoms with Gasteiger partial charge in [-0.1, -0.05) is 0 Å². The van der Waals surface area contributed by atoms with Crippen molar-refractivity contribution in [3.8, 4) is 5.75 Å². The molecular formula is C11H14F3NO5S. The molecule has 0 fully saturated rings. The topological polar surface area (TPSA) is 84.9 Å². The van der Waals surface area contributed by atoms with Crippen molar-refractivity contribution in [1.82, 2.24) is 4.72 Å². The lowest BCUT2D eigenvalue weighted by Crippen LogP contribution is -2.27. The molecule has 1 rings (SSSR count). The van der Waals surface area contributed by atoms with E-state index in [9.17, 15) is 21.6 Å². The SMILES string of the molecule is O=S(=O)(NCCOCCO)c1ccc(OC(F)(F)F)cc1. The quantitative estimate of drug-likeness (QED) is 0.692. The summed E-state index contributed by atoms with van der Waals surface area (Å²) in [6.45, 7) is -0.0448. The molecule has 0 amide bonds. The summed E-state index contributed by atoms with van der Waals surface area (Å²) in [4.78, 5) is -0.195. The number of aliphatic hydroxyl groups excluding tert-OH is 1. The molecule has 0 heterocycles. The molecule has 6 nitrogen and oxygen atoms in total. The van der Waals surface area contributed by atoms with Crippen molar-refractivity contribution in [3.63, 3.8) is 0 Å². The average Bonchev–Trinajstić information content (AvgIpc) is 2.37. The molecule has 0 aliphatic carbocycles. The third-order valence-electron chi connectivity index (χ3n) is 2.14. The fraction of sp³-hybridized carbons (Fsp3) is 0.455. The van der Waals surface area contributed by atoms with Gasteiger partial charge >= 0.3 is 6.36 Å². The summed E-state index contributed by atoms with van der Waals surface area (Å²) in [5, 5.41) is 8.45. The largest absolute Gasteiger partial charge is 0.573 e. The summed E-state index contributed by atoms with van der Waals surface area (Å²) < 4.78 is 70.2. The van der Waals surface area contributed by atoms with E-state index in [0.717, 1.165) is 24.3 Å². The predicted octanol–water partition coefficient (Wildman–Crippen LogP) is 0.872. The third kappa shape index (κ3) is 6.76. The number of benzene rings is 1. The average molecular weight is 329 g/mol. The molecule has 0 bridgehead atoms. The van der Waals surface area contributed by atoms with Crippen LogP contribution in [-0.2, 0) is 14.8 Å². The molecule has 120 valence electrons. The molecule has 21 heavy (non-hydrogen) atoms. The van der Waals surface area contributed by atoms with Gasteiger partial charge in [-0.3, -0.25) is 0 Å². The van der Waals surface area contributed by atoms with Gasteiger partial charge in [0.15, 0.2) is 0 Å². The van der Waals surface area contributed by atoms with Crippen LogP contribution in [-0.4, -0.2) is 46.3 Å². The summed E-state index contributed by atoms with van der Waals surface area (Å²) in [7, 11) is -3.84. The summed E-state index contributed by atoms with van der Waals surface area (Å²) in [5.41, 5.74) is 0. The second-order valence-corrected chi connectivity index (χ2v) is 5.52. The maximum atomic E-state index is 12.0. The van der Waals surface area contributed by atoms with Gasteiger partial charge < -0.3 is 14.6 Å². The van der Waals surface area contributed by atoms with Crippen molar-refractivity contribution in [2.24, 2.45) is 0 Å². The number of aliphatic hydroxyl groups is 1. The van der Waals surface area contributed by atoms with Crippen LogP contribution in [0.3, 0.4) is 0 Å². The molecule has 0 saturated heterocycles. The first-order chi connectivity index (χ1) is 9.74. The molecule has 0 radical (unpaired) electrons. The fourth-order valence-electron chi connectivity index (χ4n) is 1.32. The summed E-state index contributed by atoms with van der Waals surface area (Å²) in [6, 6.07) is 3.81. The van der Waals surface area contributed by atoms with Gasteiger partial charge in [-0.25, -0.2) is 13.1 Å². The molecule has 1 aromatic carbocycles. The highest BCUT2D eigenvalue weighted by molar-refractivity contribution is 7.89. The zero-order valence-electron chi connectivity index (χ0n) is 10.8. The van der Waals surface area contributed by atoms with E-state index >= 15 is 0 Å². The zero-order chi connectivity index (χ0) is 15.9. The van der Waals surface area contributed by atoms with Crippen LogP contribution in [0.2, 0.25) is 0 Å². The summed E-state index contributed by atoms with van der Waals surface area (Å²) in [6.07, 6.45) is -4.83. The van der Waals surface area contributed by atoms with E-state index in [1.54, 1.807) is 0 Å². The third-order valence-corrected chi connectivity index (χ3v) is 3.62. The van der Waals surface area contributed by atoms with E-state index in [0.29, 0.717) is 0 Å². The van der Waals surface area contributed by atoms with Gasteiger partial charge in [0, 0.05) is 6.54 Å². The number of sulfonamides is 1. The van der Waals surface area contributed by atoms with Crippen LogP contribution >= 0.6 is 0 Å². The number of hydrogen-bond donors (Lipinski definition) is 2. The van der Waals surface area contributed by atoms with Crippen molar-refractivity contribution in [1.29, 1.82) is 0 Å². The van der Waals surface area contributed by atoms with Crippen LogP contribution in [0.15, 0.2) is 29.2 Å². The van der Waals surface area contributed by atoms with Gasteiger partial charge in [0.05, 0.1) is 24.7 Å². The van der Waals surface area contributed by atoms with Gasteiger partial charge in [-0.05, 0) is 24.3 Å². The Morgan fingerprint density at radius 1 is 1.14 bits per heavy atom. The highest BCUT2D eigenvalue weighted by atomic mass is 32.2. The van der Waals surface area contributed by atoms with Gasteiger partial charge in [0.25, 0.3) is 0 Å². The Hall–Kier alpha value is -1.36. The molecule has 1 aromatic rings. The van der Waals surface area contributed by atoms with Crippen LogP contribution < -0.4 is 9.46 Å². The lowest BCUT2D eigenvalue weighted by molar-refractivity contribution is -0.274. The van der Waals surface area contributed by atoms with Gasteiger partial charge in [-0.15, -0.1) is 13.2 Å². The molecule has 0 unspecified atom stereocenters. The van der Waals surface area contributed by atoms with E-state index in [2.05, 4.69) is 9.46 Å². The van der Waals surface area contributed by atoms with Crippen molar-refractivity contribution in [2.45, 2.75) is 11.3 Å². The number of halogens is 3. The first-order valence-electron chi connectivity index (χ1n) is 5.79. The molecule has 2 N–H and O–H groups in total. The summed E-state index contributed by atoms with van der Waals surface area (Å²) in [5.74, 6) is -0.507. The van der Waals surface area contributed by atoms with E-state index in [1.165, 1.54) is 0 Å². The molecule has 0 spiro atoms. The fourth-order valence-corrected chi connectivity index (χ4v) is 2.33. The van der Waals surface area contributed by atoms with E-state index in [1.807, 2.05) is 0 Å². The number of alkyl halides is 3. The second kappa shape index (κ2) is 7.59. The molecule has 0 atom stereocenters. The molecule has 0 aromatic heterocycles. The van der Waals surface area contributed by atoms with Crippen molar-refractivity contribution in [3.05, 3.63) is 24.3 Å².